The van der Waals surface area contributed by atoms with E-state index in [0.29, 0.717) is 25.1 Å². The van der Waals surface area contributed by atoms with Gasteiger partial charge in [-0.1, -0.05) is 23.7 Å². The van der Waals surface area contributed by atoms with E-state index in [1.165, 1.54) is 6.07 Å². The van der Waals surface area contributed by atoms with E-state index in [-0.39, 0.29) is 16.6 Å². The summed E-state index contributed by atoms with van der Waals surface area (Å²) < 4.78 is 13.6. The van der Waals surface area contributed by atoms with E-state index in [0.717, 1.165) is 13.0 Å². The van der Waals surface area contributed by atoms with Crippen molar-refractivity contribution in [1.82, 2.24) is 4.90 Å². The minimum atomic E-state index is -0.373. The number of nitrogens with zero attached hydrogens (tertiary/aromatic N) is 1. The Balaban J connectivity index is 2.08. The first-order valence-electron chi connectivity index (χ1n) is 5.34. The summed E-state index contributed by atoms with van der Waals surface area (Å²) in [7, 11) is 0. The van der Waals surface area contributed by atoms with Crippen LogP contribution < -0.4 is 0 Å². The number of hydrogen-bond donors (Lipinski definition) is 0. The molecule has 0 aromatic heterocycles. The average Bonchev–Trinajstić information content (AvgIpc) is 2.25. The molecular weight excluding hydrogens is 229 g/mol. The molecule has 0 amide bonds. The maximum Gasteiger partial charge on any atom is 0.146 e. The van der Waals surface area contributed by atoms with E-state index < -0.39 is 0 Å². The zero-order valence-electron chi connectivity index (χ0n) is 8.88. The molecular formula is C12H13ClFNO. The number of rotatable bonds is 2. The predicted octanol–water partition coefficient (Wildman–Crippen LogP) is 2.64. The summed E-state index contributed by atoms with van der Waals surface area (Å²) in [6.45, 7) is 1.72. The Labute approximate surface area is 99.0 Å². The molecule has 1 saturated heterocycles. The molecule has 0 saturated carbocycles. The third-order valence-corrected chi connectivity index (χ3v) is 3.05. The van der Waals surface area contributed by atoms with Crippen molar-refractivity contribution in [2.24, 2.45) is 0 Å². The van der Waals surface area contributed by atoms with Gasteiger partial charge in [0.1, 0.15) is 11.6 Å². The Bertz CT molecular complexity index is 408. The van der Waals surface area contributed by atoms with Gasteiger partial charge in [0.2, 0.25) is 0 Å². The zero-order chi connectivity index (χ0) is 11.5. The van der Waals surface area contributed by atoms with Gasteiger partial charge in [0.15, 0.2) is 0 Å². The molecule has 2 rings (SSSR count). The van der Waals surface area contributed by atoms with Crippen molar-refractivity contribution in [3.8, 4) is 0 Å². The van der Waals surface area contributed by atoms with E-state index in [9.17, 15) is 9.18 Å². The molecule has 1 fully saturated rings. The van der Waals surface area contributed by atoms with Gasteiger partial charge in [-0.2, -0.15) is 0 Å². The molecule has 0 unspecified atom stereocenters. The Hall–Kier alpha value is -0.930. The number of hydrogen-bond acceptors (Lipinski definition) is 2. The molecule has 1 aliphatic heterocycles. The van der Waals surface area contributed by atoms with Gasteiger partial charge in [-0.3, -0.25) is 9.69 Å². The molecule has 0 radical (unpaired) electrons. The summed E-state index contributed by atoms with van der Waals surface area (Å²) in [5, 5.41) is 0.140. The lowest BCUT2D eigenvalue weighted by Gasteiger charge is -2.25. The van der Waals surface area contributed by atoms with Gasteiger partial charge in [0, 0.05) is 18.5 Å². The zero-order valence-corrected chi connectivity index (χ0v) is 9.63. The maximum atomic E-state index is 13.6. The number of ketones is 1. The average molecular weight is 242 g/mol. The van der Waals surface area contributed by atoms with Crippen molar-refractivity contribution in [1.29, 1.82) is 0 Å². The minimum Gasteiger partial charge on any atom is -0.298 e. The van der Waals surface area contributed by atoms with Gasteiger partial charge < -0.3 is 0 Å². The molecule has 2 nitrogen and oxygen atoms in total. The molecule has 1 aromatic carbocycles. The fourth-order valence-electron chi connectivity index (χ4n) is 1.95. The fourth-order valence-corrected chi connectivity index (χ4v) is 2.15. The van der Waals surface area contributed by atoms with Crippen LogP contribution in [0.4, 0.5) is 4.39 Å². The van der Waals surface area contributed by atoms with Gasteiger partial charge in [0.25, 0.3) is 0 Å². The van der Waals surface area contributed by atoms with E-state index in [1.54, 1.807) is 12.1 Å². The number of halogens is 2. The van der Waals surface area contributed by atoms with Crippen LogP contribution in [0.3, 0.4) is 0 Å². The van der Waals surface area contributed by atoms with Crippen LogP contribution in [0.1, 0.15) is 18.4 Å². The Morgan fingerprint density at radius 1 is 1.44 bits per heavy atom. The smallest absolute Gasteiger partial charge is 0.146 e. The molecule has 0 N–H and O–H groups in total. The van der Waals surface area contributed by atoms with E-state index in [1.807, 2.05) is 4.90 Å². The van der Waals surface area contributed by atoms with Crippen LogP contribution in [-0.2, 0) is 11.3 Å². The topological polar surface area (TPSA) is 20.3 Å². The van der Waals surface area contributed by atoms with Crippen LogP contribution in [0.15, 0.2) is 18.2 Å². The molecule has 1 heterocycles. The standard InChI is InChI=1S/C12H13ClFNO/c13-11-5-1-3-9(12(11)14)7-15-6-2-4-10(16)8-15/h1,3,5H,2,4,6-8H2. The second-order valence-corrected chi connectivity index (χ2v) is 4.47. The molecule has 86 valence electrons. The minimum absolute atomic E-state index is 0.140. The van der Waals surface area contributed by atoms with Crippen LogP contribution in [0.2, 0.25) is 5.02 Å². The van der Waals surface area contributed by atoms with Crippen molar-refractivity contribution in [2.75, 3.05) is 13.1 Å². The molecule has 0 atom stereocenters. The summed E-state index contributed by atoms with van der Waals surface area (Å²) >= 11 is 5.70. The summed E-state index contributed by atoms with van der Waals surface area (Å²) in [5.74, 6) is -0.143. The first-order chi connectivity index (χ1) is 7.66. The summed E-state index contributed by atoms with van der Waals surface area (Å²) in [5.41, 5.74) is 0.558. The summed E-state index contributed by atoms with van der Waals surface area (Å²) in [6, 6.07) is 4.97. The van der Waals surface area contributed by atoms with E-state index in [2.05, 4.69) is 0 Å². The summed E-state index contributed by atoms with van der Waals surface area (Å²) in [4.78, 5) is 13.2. The van der Waals surface area contributed by atoms with Gasteiger partial charge >= 0.3 is 0 Å². The highest BCUT2D eigenvalue weighted by Gasteiger charge is 2.18. The third kappa shape index (κ3) is 2.60. The lowest BCUT2D eigenvalue weighted by atomic mass is 10.1. The largest absolute Gasteiger partial charge is 0.298 e. The highest BCUT2D eigenvalue weighted by Crippen LogP contribution is 2.20. The van der Waals surface area contributed by atoms with Crippen LogP contribution in [0.5, 0.6) is 0 Å². The van der Waals surface area contributed by atoms with Crippen LogP contribution in [0, 0.1) is 5.82 Å². The van der Waals surface area contributed by atoms with Crippen LogP contribution in [0.25, 0.3) is 0 Å². The quantitative estimate of drug-likeness (QED) is 0.794. The number of likely N-dealkylation sites (tertiary alicyclic amines) is 1. The summed E-state index contributed by atoms with van der Waals surface area (Å²) in [6.07, 6.45) is 1.51. The second-order valence-electron chi connectivity index (χ2n) is 4.07. The lowest BCUT2D eigenvalue weighted by Crippen LogP contribution is -2.35. The van der Waals surface area contributed by atoms with Gasteiger partial charge in [0.05, 0.1) is 11.6 Å². The number of Topliss-reactive ketones (excluding diaryl/α,β-unsaturated/α-hetero) is 1. The Morgan fingerprint density at radius 2 is 2.25 bits per heavy atom. The van der Waals surface area contributed by atoms with Crippen molar-refractivity contribution in [2.45, 2.75) is 19.4 Å². The maximum absolute atomic E-state index is 13.6. The monoisotopic (exact) mass is 241 g/mol. The third-order valence-electron chi connectivity index (χ3n) is 2.76. The molecule has 0 aliphatic carbocycles. The van der Waals surface area contributed by atoms with Crippen molar-refractivity contribution >= 4 is 17.4 Å². The predicted molar refractivity (Wildman–Crippen MR) is 60.9 cm³/mol. The van der Waals surface area contributed by atoms with Crippen LogP contribution >= 0.6 is 11.6 Å². The van der Waals surface area contributed by atoms with Crippen molar-refractivity contribution in [3.63, 3.8) is 0 Å². The highest BCUT2D eigenvalue weighted by molar-refractivity contribution is 6.30. The number of benzene rings is 1. The molecule has 1 aromatic rings. The fraction of sp³-hybridized carbons (Fsp3) is 0.417. The van der Waals surface area contributed by atoms with Gasteiger partial charge in [-0.25, -0.2) is 4.39 Å². The molecule has 1 aliphatic rings. The SMILES string of the molecule is O=C1CCCN(Cc2cccc(Cl)c2F)C1. The molecule has 16 heavy (non-hydrogen) atoms. The lowest BCUT2D eigenvalue weighted by molar-refractivity contribution is -0.122. The molecule has 4 heteroatoms. The van der Waals surface area contributed by atoms with Crippen molar-refractivity contribution < 1.29 is 9.18 Å². The van der Waals surface area contributed by atoms with Crippen molar-refractivity contribution in [3.05, 3.63) is 34.6 Å². The van der Waals surface area contributed by atoms with E-state index >= 15 is 0 Å². The second kappa shape index (κ2) is 4.93. The molecule has 0 spiro atoms. The van der Waals surface area contributed by atoms with Gasteiger partial charge in [-0.15, -0.1) is 0 Å². The Morgan fingerprint density at radius 3 is 3.00 bits per heavy atom. The number of carbonyl (C=O) groups excluding carboxylic acids is 1. The van der Waals surface area contributed by atoms with E-state index in [4.69, 9.17) is 11.6 Å². The number of carbonyl (C=O) groups is 1. The normalized spacial score (nSPS) is 17.8. The first-order valence-corrected chi connectivity index (χ1v) is 5.71. The Kier molecular flexibility index (Phi) is 3.56. The highest BCUT2D eigenvalue weighted by atomic mass is 35.5. The van der Waals surface area contributed by atoms with Gasteiger partial charge in [-0.05, 0) is 19.0 Å². The van der Waals surface area contributed by atoms with Crippen LogP contribution in [-0.4, -0.2) is 23.8 Å². The first kappa shape index (κ1) is 11.6. The number of piperidine rings is 1. The molecule has 0 bridgehead atoms.